The first-order valence-corrected chi connectivity index (χ1v) is 46.9. The van der Waals surface area contributed by atoms with Crippen LogP contribution in [0.4, 0.5) is 0 Å². The van der Waals surface area contributed by atoms with Crippen molar-refractivity contribution in [3.63, 3.8) is 0 Å². The van der Waals surface area contributed by atoms with Crippen molar-refractivity contribution in [3.8, 4) is 119 Å². The minimum atomic E-state index is -0.196. The van der Waals surface area contributed by atoms with Crippen molar-refractivity contribution in [2.24, 2.45) is 0 Å². The third kappa shape index (κ3) is 13.5. The molecule has 0 N–H and O–H groups in total. The first-order valence-electron chi connectivity index (χ1n) is 46.9. The summed E-state index contributed by atoms with van der Waals surface area (Å²) in [5, 5.41) is 45.6. The van der Waals surface area contributed by atoms with Crippen LogP contribution in [0, 0.1) is 22.7 Å². The highest BCUT2D eigenvalue weighted by Crippen LogP contribution is 2.52. The van der Waals surface area contributed by atoms with Crippen molar-refractivity contribution in [3.05, 3.63) is 460 Å². The molecule has 140 heavy (non-hydrogen) atoms. The van der Waals surface area contributed by atoms with E-state index in [0.717, 1.165) is 176 Å². The second-order valence-corrected chi connectivity index (χ2v) is 36.4. The van der Waals surface area contributed by atoms with Crippen LogP contribution in [0.3, 0.4) is 0 Å². The molecule has 28 rings (SSSR count). The fraction of sp³-hybridized carbons (Fsp3) is 0.0234. The molecule has 650 valence electrons. The summed E-state index contributed by atoms with van der Waals surface area (Å²) in [6, 6.07) is 144. The minimum Gasteiger partial charge on any atom is -0.309 e. The number of aromatic nitrogens is 10. The van der Waals surface area contributed by atoms with Gasteiger partial charge in [-0.05, 0) is 184 Å². The van der Waals surface area contributed by atoms with Crippen LogP contribution in [0.5, 0.6) is 0 Å². The van der Waals surface area contributed by atoms with Gasteiger partial charge in [-0.2, -0.15) is 10.5 Å². The lowest BCUT2D eigenvalue weighted by atomic mass is 9.81. The Hall–Kier alpha value is -19.0. The van der Waals surface area contributed by atoms with Gasteiger partial charge in [-0.1, -0.05) is 323 Å². The number of nitriles is 2. The van der Waals surface area contributed by atoms with Crippen LogP contribution in [-0.2, 0) is 5.41 Å². The van der Waals surface area contributed by atoms with Gasteiger partial charge in [0.2, 0.25) is 0 Å². The van der Waals surface area contributed by atoms with Gasteiger partial charge in [-0.15, -0.1) is 0 Å². The van der Waals surface area contributed by atoms with E-state index >= 15 is 0 Å². The molecule has 0 radical (unpaired) electrons. The number of hydrogen-bond donors (Lipinski definition) is 0. The Morgan fingerprint density at radius 1 is 0.221 bits per heavy atom. The molecule has 0 saturated carbocycles. The Balaban J connectivity index is 0.000000108. The van der Waals surface area contributed by atoms with Gasteiger partial charge in [0.1, 0.15) is 0 Å². The van der Waals surface area contributed by atoms with Crippen molar-refractivity contribution >= 4 is 151 Å². The van der Waals surface area contributed by atoms with E-state index in [1.165, 1.54) is 76.3 Å². The fourth-order valence-electron chi connectivity index (χ4n) is 21.6. The molecule has 0 atom stereocenters. The van der Waals surface area contributed by atoms with Gasteiger partial charge in [0.05, 0.1) is 67.9 Å². The Bertz CT molecular complexity index is 9900. The average molecular weight is 1780 g/mol. The molecule has 1 aliphatic rings. The van der Waals surface area contributed by atoms with E-state index in [9.17, 15) is 10.5 Å². The predicted octanol–water partition coefficient (Wildman–Crippen LogP) is 31.9. The van der Waals surface area contributed by atoms with Gasteiger partial charge < -0.3 is 4.57 Å². The molecular weight excluding hydrogens is 1710 g/mol. The highest BCUT2D eigenvalue weighted by molar-refractivity contribution is 6.34. The molecule has 0 unspecified atom stereocenters. The van der Waals surface area contributed by atoms with Gasteiger partial charge in [-0.25, -0.2) is 29.9 Å². The number of fused-ring (bicyclic) bond motifs is 30. The Labute approximate surface area is 804 Å². The molecule has 19 aromatic carbocycles. The molecule has 0 spiro atoms. The maximum atomic E-state index is 9.75. The molecule has 27 aromatic rings. The molecule has 0 bridgehead atoms. The van der Waals surface area contributed by atoms with Crippen molar-refractivity contribution in [2.75, 3.05) is 0 Å². The number of hydrogen-bond acceptors (Lipinski definition) is 11. The van der Waals surface area contributed by atoms with E-state index in [1.807, 2.05) is 128 Å². The summed E-state index contributed by atoms with van der Waals surface area (Å²) in [6.45, 7) is 4.51. The highest BCUT2D eigenvalue weighted by Gasteiger charge is 2.36. The van der Waals surface area contributed by atoms with Crippen molar-refractivity contribution in [1.82, 2.24) is 49.4 Å². The van der Waals surface area contributed by atoms with E-state index < -0.39 is 0 Å². The minimum absolute atomic E-state index is 0.196. The largest absolute Gasteiger partial charge is 0.309 e. The van der Waals surface area contributed by atoms with Crippen molar-refractivity contribution < 1.29 is 0 Å². The van der Waals surface area contributed by atoms with Crippen molar-refractivity contribution in [1.29, 1.82) is 10.5 Å². The molecule has 0 amide bonds. The topological polar surface area (TPSA) is 169 Å². The van der Waals surface area contributed by atoms with Gasteiger partial charge >= 0.3 is 0 Å². The third-order valence-electron chi connectivity index (χ3n) is 28.2. The third-order valence-corrected chi connectivity index (χ3v) is 28.2. The van der Waals surface area contributed by atoms with E-state index in [-0.39, 0.29) is 5.41 Å². The van der Waals surface area contributed by atoms with Crippen LogP contribution in [-0.4, -0.2) is 49.4 Å². The van der Waals surface area contributed by atoms with Crippen LogP contribution in [0.15, 0.2) is 438 Å². The monoisotopic (exact) mass is 1780 g/mol. The van der Waals surface area contributed by atoms with Gasteiger partial charge in [0.25, 0.3) is 0 Å². The number of benzene rings is 19. The normalized spacial score (nSPS) is 12.1. The molecule has 8 heterocycles. The molecule has 0 aliphatic heterocycles. The van der Waals surface area contributed by atoms with Gasteiger partial charge in [0.15, 0.2) is 17.5 Å². The van der Waals surface area contributed by atoms with Crippen LogP contribution in [0.25, 0.3) is 258 Å². The number of nitrogens with zero attached hydrogens (tertiary/aromatic N) is 12. The van der Waals surface area contributed by atoms with Gasteiger partial charge in [0, 0.05) is 157 Å². The summed E-state index contributed by atoms with van der Waals surface area (Å²) >= 11 is 0. The lowest BCUT2D eigenvalue weighted by molar-refractivity contribution is 0.660. The Morgan fingerprint density at radius 2 is 0.529 bits per heavy atom. The van der Waals surface area contributed by atoms with E-state index in [0.29, 0.717) is 28.6 Å². The maximum absolute atomic E-state index is 9.75. The lowest BCUT2D eigenvalue weighted by Crippen LogP contribution is -2.15. The zero-order chi connectivity index (χ0) is 93.2. The van der Waals surface area contributed by atoms with Crippen LogP contribution >= 0.6 is 0 Å². The summed E-state index contributed by atoms with van der Waals surface area (Å²) in [5.74, 6) is 1.90. The van der Waals surface area contributed by atoms with E-state index in [4.69, 9.17) is 29.9 Å². The zero-order valence-corrected chi connectivity index (χ0v) is 75.9. The summed E-state index contributed by atoms with van der Waals surface area (Å²) in [6.07, 6.45) is 11.5. The highest BCUT2D eigenvalue weighted by atomic mass is 15.0. The zero-order valence-electron chi connectivity index (χ0n) is 75.9. The second-order valence-electron chi connectivity index (χ2n) is 36.4. The first kappa shape index (κ1) is 81.7. The van der Waals surface area contributed by atoms with Gasteiger partial charge in [-0.3, -0.25) is 15.0 Å². The SMILES string of the molecule is CC1(C)c2cc(C#N)ccc2-c2ccc(-c3cccc(-c4nc5c6ccccc6c6ccccc6c5c5cnccc45)c3)cc21.N#Cc1ccc2c(c1)c1cc(-c3cccc(-c4nc5c6ccccc6c6ccccc6c5c5cnccc45)c3)ccc1n2-c1ccccc1.c1ccc(-c2nc(-c3ccccc3)nc(-c3ccc(-c4nc5c6ccccc6c6ccccc6c5c5cnccc45)cc3)n2)cc1. The molecular formula is C128H78N12. The standard InChI is InChI=1S/C45H26N4.C42H27N3.C41H25N5/c46-26-28-17-19-41-38(23-28)39-25-30(18-20-42(39)49(41)32-11-2-1-3-12-32)29-9-8-10-31(24-29)44-37-21-22-47-27-40(37)43-35-15-6-4-13-33(35)34-14-5-7-16-36(34)45(43)48-44;1-42(2)37-20-25(23-43)14-16-31(37)32-17-15-27(22-38(32)42)26-8-7-9-28(21-26)40-35-18-19-44-24-36(35)39-33-12-5-3-10-29(33)30-11-4-6-13-34(30)41(39)45-40;1-3-11-27(12-4-1)39-44-40(28-13-5-2-6-14-28)46-41(45-39)29-21-19-26(20-22-29)37-34-23-24-42-25-35(34)36-32-17-9-7-15-30(32)31-16-8-10-18-33(31)38(36)43-37/h1-25,27H;3-22,24H,1-2H3;1-25H. The lowest BCUT2D eigenvalue weighted by Gasteiger charge is -2.22. The average Bonchev–Trinajstić information content (AvgIpc) is 0.954. The second kappa shape index (κ2) is 33.3. The molecule has 1 aliphatic carbocycles. The van der Waals surface area contributed by atoms with Crippen LogP contribution < -0.4 is 0 Å². The summed E-state index contributed by atoms with van der Waals surface area (Å²) in [5.41, 5.74) is 25.6. The van der Waals surface area contributed by atoms with Crippen LogP contribution in [0.2, 0.25) is 0 Å². The Kier molecular flexibility index (Phi) is 19.4. The maximum Gasteiger partial charge on any atom is 0.164 e. The Morgan fingerprint density at radius 3 is 0.971 bits per heavy atom. The van der Waals surface area contributed by atoms with E-state index in [2.05, 4.69) is 355 Å². The quantitative estimate of drug-likeness (QED) is 0.126. The number of rotatable bonds is 9. The summed E-state index contributed by atoms with van der Waals surface area (Å²) in [4.78, 5) is 44.7. The molecule has 12 heteroatoms. The van der Waals surface area contributed by atoms with Crippen LogP contribution in [0.1, 0.15) is 36.1 Å². The molecule has 0 fully saturated rings. The van der Waals surface area contributed by atoms with E-state index in [1.54, 1.807) is 0 Å². The summed E-state index contributed by atoms with van der Waals surface area (Å²) < 4.78 is 2.28. The molecule has 0 saturated heterocycles. The fourth-order valence-corrected chi connectivity index (χ4v) is 21.6. The predicted molar refractivity (Wildman–Crippen MR) is 574 cm³/mol. The first-order chi connectivity index (χ1) is 69.1. The van der Waals surface area contributed by atoms with Crippen molar-refractivity contribution in [2.45, 2.75) is 19.3 Å². The smallest absolute Gasteiger partial charge is 0.164 e. The molecule has 12 nitrogen and oxygen atoms in total. The number of para-hydroxylation sites is 1. The summed E-state index contributed by atoms with van der Waals surface area (Å²) in [7, 11) is 0. The molecule has 8 aromatic heterocycles. The number of pyridine rings is 6.